The summed E-state index contributed by atoms with van der Waals surface area (Å²) in [4.78, 5) is 0. The summed E-state index contributed by atoms with van der Waals surface area (Å²) in [6.45, 7) is 9.46. The molecule has 0 bridgehead atoms. The van der Waals surface area contributed by atoms with Gasteiger partial charge >= 0.3 is 0 Å². The van der Waals surface area contributed by atoms with Crippen LogP contribution in [0.5, 0.6) is 0 Å². The van der Waals surface area contributed by atoms with E-state index in [1.165, 1.54) is 0 Å². The number of rotatable bonds is 5. The smallest absolute Gasteiger partial charge is 0.266 e. The molecule has 0 atom stereocenters. The van der Waals surface area contributed by atoms with Gasteiger partial charge in [0.15, 0.2) is 0 Å². The van der Waals surface area contributed by atoms with Gasteiger partial charge in [0, 0.05) is 0 Å². The van der Waals surface area contributed by atoms with Crippen LogP contribution in [-0.4, -0.2) is 20.3 Å². The van der Waals surface area contributed by atoms with E-state index in [0.717, 1.165) is 0 Å². The predicted molar refractivity (Wildman–Crippen MR) is 54.0 cm³/mol. The molecule has 0 spiro atoms. The van der Waals surface area contributed by atoms with Crippen molar-refractivity contribution in [3.63, 3.8) is 0 Å². The maximum Gasteiger partial charge on any atom is 0.267 e. The topological polar surface area (TPSA) is 43.4 Å². The van der Waals surface area contributed by atoms with E-state index < -0.39 is 10.1 Å². The lowest BCUT2D eigenvalue weighted by Crippen LogP contribution is -2.29. The van der Waals surface area contributed by atoms with E-state index >= 15 is 0 Å². The standard InChI is InChI=1S/C9H20O3S/c1-6-13(10,11)12-9(7(2)3)8(4)5/h7-9H,6H2,1-5H3. The highest BCUT2D eigenvalue weighted by Gasteiger charge is 2.23. The molecule has 0 N–H and O–H groups in total. The SMILES string of the molecule is CCS(=O)(=O)OC(C(C)C)C(C)C. The van der Waals surface area contributed by atoms with Gasteiger partial charge in [-0.05, 0) is 18.8 Å². The molecular formula is C9H20O3S. The molecule has 0 aliphatic heterocycles. The first-order valence-corrected chi connectivity index (χ1v) is 6.28. The Morgan fingerprint density at radius 3 is 1.69 bits per heavy atom. The first-order valence-electron chi connectivity index (χ1n) is 4.71. The largest absolute Gasteiger partial charge is 0.267 e. The molecule has 0 aliphatic carbocycles. The molecule has 0 rings (SSSR count). The van der Waals surface area contributed by atoms with Crippen LogP contribution in [0.3, 0.4) is 0 Å². The highest BCUT2D eigenvalue weighted by atomic mass is 32.2. The molecule has 0 aromatic carbocycles. The Morgan fingerprint density at radius 2 is 1.46 bits per heavy atom. The second-order valence-corrected chi connectivity index (χ2v) is 5.78. The van der Waals surface area contributed by atoms with Crippen LogP contribution in [-0.2, 0) is 14.3 Å². The van der Waals surface area contributed by atoms with Crippen molar-refractivity contribution in [2.75, 3.05) is 5.75 Å². The fourth-order valence-electron chi connectivity index (χ4n) is 1.23. The van der Waals surface area contributed by atoms with E-state index in [1.807, 2.05) is 27.7 Å². The molecule has 0 aliphatic rings. The van der Waals surface area contributed by atoms with Crippen LogP contribution < -0.4 is 0 Å². The Hall–Kier alpha value is -0.0900. The van der Waals surface area contributed by atoms with Crippen LogP contribution in [0.25, 0.3) is 0 Å². The van der Waals surface area contributed by atoms with E-state index in [2.05, 4.69) is 0 Å². The fourth-order valence-corrected chi connectivity index (χ4v) is 2.15. The molecule has 0 saturated carbocycles. The van der Waals surface area contributed by atoms with Crippen molar-refractivity contribution in [2.24, 2.45) is 11.8 Å². The lowest BCUT2D eigenvalue weighted by molar-refractivity contribution is 0.112. The van der Waals surface area contributed by atoms with Crippen LogP contribution in [0.2, 0.25) is 0 Å². The van der Waals surface area contributed by atoms with Crippen molar-refractivity contribution in [3.8, 4) is 0 Å². The van der Waals surface area contributed by atoms with Crippen LogP contribution in [0.1, 0.15) is 34.6 Å². The van der Waals surface area contributed by atoms with Gasteiger partial charge in [0.05, 0.1) is 11.9 Å². The van der Waals surface area contributed by atoms with Crippen molar-refractivity contribution in [3.05, 3.63) is 0 Å². The zero-order valence-electron chi connectivity index (χ0n) is 9.07. The minimum Gasteiger partial charge on any atom is -0.266 e. The monoisotopic (exact) mass is 208 g/mol. The molecule has 0 fully saturated rings. The van der Waals surface area contributed by atoms with Gasteiger partial charge in [-0.15, -0.1) is 0 Å². The molecule has 0 heterocycles. The maximum atomic E-state index is 11.2. The van der Waals surface area contributed by atoms with Gasteiger partial charge in [0.25, 0.3) is 10.1 Å². The van der Waals surface area contributed by atoms with E-state index in [4.69, 9.17) is 4.18 Å². The van der Waals surface area contributed by atoms with Crippen LogP contribution >= 0.6 is 0 Å². The molecule has 0 radical (unpaired) electrons. The zero-order valence-corrected chi connectivity index (χ0v) is 9.89. The van der Waals surface area contributed by atoms with E-state index in [9.17, 15) is 8.42 Å². The highest BCUT2D eigenvalue weighted by molar-refractivity contribution is 7.86. The van der Waals surface area contributed by atoms with E-state index in [1.54, 1.807) is 6.92 Å². The average molecular weight is 208 g/mol. The van der Waals surface area contributed by atoms with Gasteiger partial charge in [0.2, 0.25) is 0 Å². The van der Waals surface area contributed by atoms with Crippen molar-refractivity contribution in [2.45, 2.75) is 40.7 Å². The lowest BCUT2D eigenvalue weighted by atomic mass is 9.97. The quantitative estimate of drug-likeness (QED) is 0.649. The van der Waals surface area contributed by atoms with Gasteiger partial charge < -0.3 is 0 Å². The number of hydrogen-bond acceptors (Lipinski definition) is 3. The highest BCUT2D eigenvalue weighted by Crippen LogP contribution is 2.18. The Morgan fingerprint density at radius 1 is 1.08 bits per heavy atom. The molecule has 13 heavy (non-hydrogen) atoms. The first-order chi connectivity index (χ1) is 5.80. The maximum absolute atomic E-state index is 11.2. The third-order valence-electron chi connectivity index (χ3n) is 1.93. The fraction of sp³-hybridized carbons (Fsp3) is 1.00. The van der Waals surface area contributed by atoms with Crippen LogP contribution in [0.15, 0.2) is 0 Å². The molecule has 0 aromatic rings. The Kier molecular flexibility index (Phi) is 4.92. The Balaban J connectivity index is 4.45. The molecule has 0 saturated heterocycles. The summed E-state index contributed by atoms with van der Waals surface area (Å²) in [6.07, 6.45) is -0.204. The van der Waals surface area contributed by atoms with Crippen molar-refractivity contribution < 1.29 is 12.6 Å². The predicted octanol–water partition coefficient (Wildman–Crippen LogP) is 2.03. The van der Waals surface area contributed by atoms with Gasteiger partial charge in [0.1, 0.15) is 0 Å². The third kappa shape index (κ3) is 4.62. The van der Waals surface area contributed by atoms with Gasteiger partial charge in [-0.3, -0.25) is 4.18 Å². The van der Waals surface area contributed by atoms with Crippen molar-refractivity contribution in [1.29, 1.82) is 0 Å². The average Bonchev–Trinajstić information content (AvgIpc) is 1.99. The molecule has 80 valence electrons. The molecule has 0 amide bonds. The summed E-state index contributed by atoms with van der Waals surface area (Å²) in [7, 11) is -3.31. The van der Waals surface area contributed by atoms with Crippen molar-refractivity contribution in [1.82, 2.24) is 0 Å². The second-order valence-electron chi connectivity index (χ2n) is 3.90. The molecule has 3 nitrogen and oxygen atoms in total. The summed E-state index contributed by atoms with van der Waals surface area (Å²) in [5.74, 6) is 0.491. The normalized spacial score (nSPS) is 13.2. The summed E-state index contributed by atoms with van der Waals surface area (Å²) in [5.41, 5.74) is 0. The van der Waals surface area contributed by atoms with Gasteiger partial charge in [-0.1, -0.05) is 27.7 Å². The van der Waals surface area contributed by atoms with Crippen LogP contribution in [0.4, 0.5) is 0 Å². The molecule has 4 heteroatoms. The van der Waals surface area contributed by atoms with Crippen molar-refractivity contribution >= 4 is 10.1 Å². The third-order valence-corrected chi connectivity index (χ3v) is 3.15. The minimum atomic E-state index is -3.31. The molecule has 0 aromatic heterocycles. The van der Waals surface area contributed by atoms with E-state index in [0.29, 0.717) is 0 Å². The zero-order chi connectivity index (χ0) is 10.6. The lowest BCUT2D eigenvalue weighted by Gasteiger charge is -2.23. The first kappa shape index (κ1) is 12.9. The van der Waals surface area contributed by atoms with E-state index in [-0.39, 0.29) is 23.7 Å². The summed E-state index contributed by atoms with van der Waals surface area (Å²) in [5, 5.41) is 0. The van der Waals surface area contributed by atoms with Crippen LogP contribution in [0, 0.1) is 11.8 Å². The molecular weight excluding hydrogens is 188 g/mol. The molecule has 0 unspecified atom stereocenters. The summed E-state index contributed by atoms with van der Waals surface area (Å²) < 4.78 is 27.5. The summed E-state index contributed by atoms with van der Waals surface area (Å²) >= 11 is 0. The summed E-state index contributed by atoms with van der Waals surface area (Å²) in [6, 6.07) is 0. The Labute approximate surface area is 81.6 Å². The number of hydrogen-bond donors (Lipinski definition) is 0. The minimum absolute atomic E-state index is 0.0446. The second kappa shape index (κ2) is 4.96. The van der Waals surface area contributed by atoms with Gasteiger partial charge in [-0.2, -0.15) is 8.42 Å². The van der Waals surface area contributed by atoms with Gasteiger partial charge in [-0.25, -0.2) is 0 Å². The Bertz CT molecular complexity index is 221.